The van der Waals surface area contributed by atoms with Gasteiger partial charge < -0.3 is 0 Å². The lowest BCUT2D eigenvalue weighted by Crippen LogP contribution is -1.95. The van der Waals surface area contributed by atoms with E-state index in [9.17, 15) is 0 Å². The number of nitriles is 1. The van der Waals surface area contributed by atoms with Gasteiger partial charge in [0.05, 0.1) is 17.3 Å². The van der Waals surface area contributed by atoms with Crippen molar-refractivity contribution in [3.63, 3.8) is 0 Å². The molecule has 2 heterocycles. The van der Waals surface area contributed by atoms with Gasteiger partial charge in [-0.15, -0.1) is 0 Å². The molecule has 0 saturated carbocycles. The maximum absolute atomic E-state index is 9.14. The molecule has 0 amide bonds. The van der Waals surface area contributed by atoms with Gasteiger partial charge >= 0.3 is 0 Å². The summed E-state index contributed by atoms with van der Waals surface area (Å²) in [6, 6.07) is 9.82. The van der Waals surface area contributed by atoms with Gasteiger partial charge in [0.1, 0.15) is 17.5 Å². The van der Waals surface area contributed by atoms with Crippen LogP contribution in [0.15, 0.2) is 30.5 Å². The Labute approximate surface area is 160 Å². The maximum Gasteiger partial charge on any atom is 0.223 e. The molecule has 3 rings (SSSR count). The second kappa shape index (κ2) is 19.6. The van der Waals surface area contributed by atoms with Gasteiger partial charge in [0.15, 0.2) is 0 Å². The number of rotatable bonds is 1. The minimum Gasteiger partial charge on any atom is -0.267 e. The summed E-state index contributed by atoms with van der Waals surface area (Å²) in [5.41, 5.74) is 2.42. The first-order valence-electron chi connectivity index (χ1n) is 6.27. The first kappa shape index (κ1) is 30.6. The van der Waals surface area contributed by atoms with Gasteiger partial charge in [-0.2, -0.15) is 10.4 Å². The van der Waals surface area contributed by atoms with Crippen LogP contribution in [0.1, 0.15) is 5.56 Å². The van der Waals surface area contributed by atoms with Crippen LogP contribution in [0.2, 0.25) is 5.28 Å². The number of fused-ring (bicyclic) bond motifs is 1. The van der Waals surface area contributed by atoms with Crippen LogP contribution in [0.25, 0.3) is 22.3 Å². The monoisotopic (exact) mass is 459 g/mol. The molecule has 16 heteroatoms. The van der Waals surface area contributed by atoms with Gasteiger partial charge in [0.25, 0.3) is 0 Å². The molecule has 0 fully saturated rings. The van der Waals surface area contributed by atoms with Gasteiger partial charge in [0.2, 0.25) is 5.28 Å². The van der Waals surface area contributed by atoms with E-state index in [4.69, 9.17) is 62.6 Å². The normalized spacial score (nSPS) is 7.97. The van der Waals surface area contributed by atoms with Crippen molar-refractivity contribution >= 4 is 22.5 Å². The number of halogens is 11. The highest BCUT2D eigenvalue weighted by Crippen LogP contribution is 2.28. The molecule has 0 spiro atoms. The summed E-state index contributed by atoms with van der Waals surface area (Å²) in [6.45, 7) is 0. The molecule has 0 aliphatic heterocycles. The van der Waals surface area contributed by atoms with Crippen LogP contribution in [0.4, 0.5) is 45.7 Å². The minimum atomic E-state index is 0.101. The molecule has 2 aromatic heterocycles. The van der Waals surface area contributed by atoms with Crippen LogP contribution < -0.4 is 0 Å². The van der Waals surface area contributed by atoms with Crippen LogP contribution in [0.5, 0.6) is 0 Å². The molecule has 1 aromatic carbocycles. The number of nitrogens with zero attached hydrogens (tertiary/aromatic N) is 5. The van der Waals surface area contributed by atoms with E-state index in [2.05, 4.69) is 21.1 Å². The fourth-order valence-electron chi connectivity index (χ4n) is 2.01. The third-order valence-electron chi connectivity index (χ3n) is 2.86. The van der Waals surface area contributed by atoms with Crippen molar-refractivity contribution in [3.05, 3.63) is 41.3 Å². The Morgan fingerprint density at radius 1 is 0.897 bits per heavy atom. The van der Waals surface area contributed by atoms with E-state index in [1.54, 1.807) is 4.68 Å². The third-order valence-corrected chi connectivity index (χ3v) is 3.04. The van der Waals surface area contributed by atoms with Gasteiger partial charge in [-0.3, -0.25) is 4.68 Å². The largest absolute Gasteiger partial charge is 0.267 e. The molecule has 0 radical (unpaired) electrons. The third kappa shape index (κ3) is 8.60. The first-order chi connectivity index (χ1) is 14.2. The summed E-state index contributed by atoms with van der Waals surface area (Å²) in [5.74, 6) is 0. The van der Waals surface area contributed by atoms with Gasteiger partial charge in [-0.1, -0.05) is 18.2 Å². The van der Waals surface area contributed by atoms with Crippen molar-refractivity contribution in [1.29, 1.82) is 5.26 Å². The molecule has 0 aliphatic rings. The quantitative estimate of drug-likeness (QED) is 0.298. The van der Waals surface area contributed by atoms with Crippen LogP contribution in [-0.2, 0) is 7.05 Å². The smallest absolute Gasteiger partial charge is 0.223 e. The molecule has 0 atom stereocenters. The van der Waals surface area contributed by atoms with E-state index < -0.39 is 0 Å². The number of aryl methyl sites for hydroxylation is 1. The van der Waals surface area contributed by atoms with E-state index in [0.717, 1.165) is 10.9 Å². The highest BCUT2D eigenvalue weighted by Gasteiger charge is 2.16. The Balaban J connectivity index is -0.000000594. The molecule has 0 N–H and O–H groups in total. The molecule has 3 aromatic rings. The average Bonchev–Trinajstić information content (AvgIpc) is 3.17. The Kier molecular flexibility index (Phi) is 20.7. The zero-order chi connectivity index (χ0) is 23.4. The summed E-state index contributed by atoms with van der Waals surface area (Å²) in [4.78, 5) is 7.95. The summed E-state index contributed by atoms with van der Waals surface area (Å²) in [7, 11) is 1.85. The standard InChI is InChI=1S/C13H8ClN5.5F2/c1-19-10-5-3-2-4-9(10)12(18-19)11-8(6-15)7-16-13(14)17-11;5*1-2/h2-5,7H,1H3;;;;;. The Morgan fingerprint density at radius 3 is 1.93 bits per heavy atom. The Bertz CT molecular complexity index is 842. The van der Waals surface area contributed by atoms with Crippen molar-refractivity contribution in [2.45, 2.75) is 0 Å². The fourth-order valence-corrected chi connectivity index (χ4v) is 2.14. The van der Waals surface area contributed by atoms with Crippen LogP contribution in [0, 0.1) is 11.3 Å². The second-order valence-electron chi connectivity index (χ2n) is 4.00. The summed E-state index contributed by atoms with van der Waals surface area (Å²) in [6.07, 6.45) is 1.41. The van der Waals surface area contributed by atoms with E-state index in [0.29, 0.717) is 17.0 Å². The lowest BCUT2D eigenvalue weighted by atomic mass is 10.1. The van der Waals surface area contributed by atoms with Crippen LogP contribution in [-0.4, -0.2) is 19.7 Å². The Morgan fingerprint density at radius 2 is 1.41 bits per heavy atom. The number of hydrogen-bond acceptors (Lipinski definition) is 4. The summed E-state index contributed by atoms with van der Waals surface area (Å²) >= 11 is 5.82. The van der Waals surface area contributed by atoms with E-state index in [1.165, 1.54) is 6.20 Å². The summed E-state index contributed by atoms with van der Waals surface area (Å²) in [5, 5.41) is 14.6. The van der Waals surface area contributed by atoms with Gasteiger partial charge in [0, 0.05) is 58.2 Å². The van der Waals surface area contributed by atoms with Crippen molar-refractivity contribution in [2.75, 3.05) is 0 Å². The zero-order valence-electron chi connectivity index (χ0n) is 13.8. The molecule has 0 aliphatic carbocycles. The van der Waals surface area contributed by atoms with Crippen molar-refractivity contribution in [1.82, 2.24) is 19.7 Å². The fraction of sp³-hybridized carbons (Fsp3) is 0.0769. The highest BCUT2D eigenvalue weighted by atomic mass is 35.5. The summed E-state index contributed by atoms with van der Waals surface area (Å²) < 4.78 is 81.8. The van der Waals surface area contributed by atoms with Gasteiger partial charge in [-0.25, -0.2) is 9.97 Å². The maximum atomic E-state index is 9.14. The van der Waals surface area contributed by atoms with Crippen molar-refractivity contribution < 1.29 is 45.7 Å². The number of benzene rings is 1. The predicted octanol–water partition coefficient (Wildman–Crippen LogP) is 6.76. The molecule has 29 heavy (non-hydrogen) atoms. The number of para-hydroxylation sites is 1. The van der Waals surface area contributed by atoms with E-state index in [-0.39, 0.29) is 5.28 Å². The first-order valence-corrected chi connectivity index (χ1v) is 6.64. The SMILES string of the molecule is Cn1nc(-c2nc(Cl)ncc2C#N)c2ccccc21.FF.FF.FF.FF.FF. The number of aromatic nitrogens is 4. The molecule has 0 unspecified atom stereocenters. The van der Waals surface area contributed by atoms with Crippen molar-refractivity contribution in [3.8, 4) is 17.5 Å². The average molecular weight is 460 g/mol. The zero-order valence-corrected chi connectivity index (χ0v) is 14.5. The lowest BCUT2D eigenvalue weighted by Gasteiger charge is -2.00. The van der Waals surface area contributed by atoms with Gasteiger partial charge in [-0.05, 0) is 17.7 Å². The molecule has 5 nitrogen and oxygen atoms in total. The topological polar surface area (TPSA) is 67.4 Å². The Hall–Kier alpha value is -3.15. The molecule has 0 bridgehead atoms. The van der Waals surface area contributed by atoms with Crippen molar-refractivity contribution in [2.24, 2.45) is 7.05 Å². The molecule has 0 saturated heterocycles. The predicted molar refractivity (Wildman–Crippen MR) is 82.5 cm³/mol. The lowest BCUT2D eigenvalue weighted by molar-refractivity contribution is 0.108. The van der Waals surface area contributed by atoms with Crippen LogP contribution in [0.3, 0.4) is 0 Å². The van der Waals surface area contributed by atoms with E-state index >= 15 is 0 Å². The van der Waals surface area contributed by atoms with E-state index in [1.807, 2.05) is 31.3 Å². The minimum absolute atomic E-state index is 0.101. The highest BCUT2D eigenvalue weighted by molar-refractivity contribution is 6.28. The second-order valence-corrected chi connectivity index (χ2v) is 4.34. The molecule has 162 valence electrons. The molecular weight excluding hydrogens is 452 g/mol. The molecular formula is C13H8ClF10N5. The van der Waals surface area contributed by atoms with Crippen LogP contribution >= 0.6 is 11.6 Å². The number of hydrogen-bond donors (Lipinski definition) is 0.